The highest BCUT2D eigenvalue weighted by atomic mass is 32.1. The van der Waals surface area contributed by atoms with Gasteiger partial charge < -0.3 is 15.2 Å². The lowest BCUT2D eigenvalue weighted by molar-refractivity contribution is 0.103. The molecule has 6 heteroatoms. The highest BCUT2D eigenvalue weighted by Gasteiger charge is 2.20. The number of nitrogens with zero attached hydrogens (tertiary/aromatic N) is 1. The van der Waals surface area contributed by atoms with E-state index in [0.717, 1.165) is 5.01 Å². The highest BCUT2D eigenvalue weighted by Crippen LogP contribution is 2.28. The molecule has 0 saturated carbocycles. The van der Waals surface area contributed by atoms with Gasteiger partial charge in [-0.05, 0) is 25.1 Å². The molecule has 1 heterocycles. The number of aromatic nitrogens is 1. The van der Waals surface area contributed by atoms with Crippen LogP contribution in [0.3, 0.4) is 0 Å². The molecular formula is C17H22N2O3S. The van der Waals surface area contributed by atoms with Gasteiger partial charge in [0.2, 0.25) is 0 Å². The first-order chi connectivity index (χ1) is 10.8. The van der Waals surface area contributed by atoms with Gasteiger partial charge in [0.15, 0.2) is 0 Å². The second kappa shape index (κ2) is 7.10. The van der Waals surface area contributed by atoms with Crippen molar-refractivity contribution in [1.29, 1.82) is 0 Å². The molecule has 1 aromatic heterocycles. The normalized spacial score (nSPS) is 11.3. The molecule has 23 heavy (non-hydrogen) atoms. The van der Waals surface area contributed by atoms with Gasteiger partial charge in [-0.15, -0.1) is 11.3 Å². The van der Waals surface area contributed by atoms with E-state index in [1.807, 2.05) is 6.92 Å². The lowest BCUT2D eigenvalue weighted by atomic mass is 9.98. The van der Waals surface area contributed by atoms with E-state index in [9.17, 15) is 9.90 Å². The Kier molecular flexibility index (Phi) is 5.38. The van der Waals surface area contributed by atoms with Crippen LogP contribution >= 0.6 is 11.3 Å². The second-order valence-corrected chi connectivity index (χ2v) is 7.18. The number of ether oxygens (including phenoxy) is 1. The van der Waals surface area contributed by atoms with Gasteiger partial charge in [0.1, 0.15) is 10.6 Å². The zero-order valence-corrected chi connectivity index (χ0v) is 14.7. The van der Waals surface area contributed by atoms with Crippen molar-refractivity contribution in [1.82, 2.24) is 4.98 Å². The van der Waals surface area contributed by atoms with Crippen molar-refractivity contribution in [3.63, 3.8) is 0 Å². The zero-order chi connectivity index (χ0) is 17.0. The molecule has 124 valence electrons. The topological polar surface area (TPSA) is 71.5 Å². The van der Waals surface area contributed by atoms with Crippen molar-refractivity contribution >= 4 is 22.9 Å². The smallest absolute Gasteiger partial charge is 0.267 e. The van der Waals surface area contributed by atoms with Crippen LogP contribution in [-0.2, 0) is 12.0 Å². The van der Waals surface area contributed by atoms with Gasteiger partial charge >= 0.3 is 0 Å². The molecule has 1 amide bonds. The number of anilines is 1. The molecule has 1 aromatic carbocycles. The SMILES string of the molecule is CCOc1ccc(NC(=O)c2cnc(C(C)(C)C)s2)cc1CO. The number of thiazole rings is 1. The van der Waals surface area contributed by atoms with E-state index in [2.05, 4.69) is 31.1 Å². The van der Waals surface area contributed by atoms with Gasteiger partial charge in [0.25, 0.3) is 5.91 Å². The molecule has 0 bridgehead atoms. The van der Waals surface area contributed by atoms with Crippen LogP contribution in [0, 0.1) is 0 Å². The Hall–Kier alpha value is -1.92. The fraction of sp³-hybridized carbons (Fsp3) is 0.412. The Morgan fingerprint density at radius 2 is 2.13 bits per heavy atom. The molecule has 0 radical (unpaired) electrons. The molecular weight excluding hydrogens is 312 g/mol. The fourth-order valence-electron chi connectivity index (χ4n) is 2.00. The lowest BCUT2D eigenvalue weighted by Gasteiger charge is -2.13. The monoisotopic (exact) mass is 334 g/mol. The average Bonchev–Trinajstić information content (AvgIpc) is 2.99. The lowest BCUT2D eigenvalue weighted by Crippen LogP contribution is -2.11. The van der Waals surface area contributed by atoms with Crippen LogP contribution in [0.5, 0.6) is 5.75 Å². The zero-order valence-electron chi connectivity index (χ0n) is 13.8. The molecule has 0 atom stereocenters. The maximum atomic E-state index is 12.3. The Labute approximate surface area is 140 Å². The van der Waals surface area contributed by atoms with Crippen LogP contribution in [0.15, 0.2) is 24.4 Å². The van der Waals surface area contributed by atoms with Crippen molar-refractivity contribution in [3.05, 3.63) is 39.8 Å². The Morgan fingerprint density at radius 1 is 1.39 bits per heavy atom. The minimum atomic E-state index is -0.203. The molecule has 0 aliphatic rings. The van der Waals surface area contributed by atoms with Crippen LogP contribution < -0.4 is 10.1 Å². The van der Waals surface area contributed by atoms with Crippen LogP contribution in [0.1, 0.15) is 47.9 Å². The molecule has 0 aliphatic carbocycles. The van der Waals surface area contributed by atoms with E-state index in [1.54, 1.807) is 24.4 Å². The van der Waals surface area contributed by atoms with Gasteiger partial charge in [-0.3, -0.25) is 4.79 Å². The number of hydrogen-bond acceptors (Lipinski definition) is 5. The highest BCUT2D eigenvalue weighted by molar-refractivity contribution is 7.13. The predicted octanol–water partition coefficient (Wildman–Crippen LogP) is 3.58. The molecule has 0 saturated heterocycles. The molecule has 2 rings (SSSR count). The summed E-state index contributed by atoms with van der Waals surface area (Å²) in [5.74, 6) is 0.423. The largest absolute Gasteiger partial charge is 0.494 e. The first kappa shape index (κ1) is 17.4. The number of benzene rings is 1. The number of carbonyl (C=O) groups excluding carboxylic acids is 1. The standard InChI is InChI=1S/C17H22N2O3S/c1-5-22-13-7-6-12(8-11(13)10-20)19-15(21)14-9-18-16(23-14)17(2,3)4/h6-9,20H,5,10H2,1-4H3,(H,19,21). The summed E-state index contributed by atoms with van der Waals surface area (Å²) in [6.45, 7) is 8.45. The summed E-state index contributed by atoms with van der Waals surface area (Å²) >= 11 is 1.39. The Bertz CT molecular complexity index is 689. The van der Waals surface area contributed by atoms with Crippen LogP contribution in [0.2, 0.25) is 0 Å². The van der Waals surface area contributed by atoms with Crippen LogP contribution in [0.4, 0.5) is 5.69 Å². The summed E-state index contributed by atoms with van der Waals surface area (Å²) in [5, 5.41) is 13.2. The van der Waals surface area contributed by atoms with Gasteiger partial charge in [-0.25, -0.2) is 4.98 Å². The van der Waals surface area contributed by atoms with Gasteiger partial charge in [0, 0.05) is 16.7 Å². The fourth-order valence-corrected chi connectivity index (χ4v) is 2.86. The summed E-state index contributed by atoms with van der Waals surface area (Å²) in [6.07, 6.45) is 1.60. The summed E-state index contributed by atoms with van der Waals surface area (Å²) in [6, 6.07) is 5.22. The van der Waals surface area contributed by atoms with Gasteiger partial charge in [-0.1, -0.05) is 20.8 Å². The van der Waals surface area contributed by atoms with E-state index in [-0.39, 0.29) is 17.9 Å². The van der Waals surface area contributed by atoms with E-state index in [4.69, 9.17) is 4.74 Å². The third-order valence-electron chi connectivity index (χ3n) is 3.16. The summed E-state index contributed by atoms with van der Waals surface area (Å²) in [4.78, 5) is 17.2. The molecule has 0 aliphatic heterocycles. The number of nitrogens with one attached hydrogen (secondary N) is 1. The number of amides is 1. The first-order valence-electron chi connectivity index (χ1n) is 7.49. The molecule has 2 aromatic rings. The van der Waals surface area contributed by atoms with Gasteiger partial charge in [-0.2, -0.15) is 0 Å². The maximum absolute atomic E-state index is 12.3. The summed E-state index contributed by atoms with van der Waals surface area (Å²) in [7, 11) is 0. The summed E-state index contributed by atoms with van der Waals surface area (Å²) in [5.41, 5.74) is 1.18. The van der Waals surface area contributed by atoms with Crippen molar-refractivity contribution < 1.29 is 14.6 Å². The van der Waals surface area contributed by atoms with E-state index >= 15 is 0 Å². The molecule has 0 unspecified atom stereocenters. The number of rotatable bonds is 5. The minimum Gasteiger partial charge on any atom is -0.494 e. The molecule has 0 fully saturated rings. The number of carbonyl (C=O) groups is 1. The average molecular weight is 334 g/mol. The van der Waals surface area contributed by atoms with E-state index in [0.29, 0.717) is 28.5 Å². The first-order valence-corrected chi connectivity index (χ1v) is 8.31. The van der Waals surface area contributed by atoms with E-state index in [1.165, 1.54) is 11.3 Å². The third kappa shape index (κ3) is 4.30. The van der Waals surface area contributed by atoms with Crippen molar-refractivity contribution in [2.45, 2.75) is 39.7 Å². The third-order valence-corrected chi connectivity index (χ3v) is 4.58. The maximum Gasteiger partial charge on any atom is 0.267 e. The number of aliphatic hydroxyl groups excluding tert-OH is 1. The quantitative estimate of drug-likeness (QED) is 0.876. The van der Waals surface area contributed by atoms with Crippen molar-refractivity contribution in [2.75, 3.05) is 11.9 Å². The van der Waals surface area contributed by atoms with Crippen LogP contribution in [0.25, 0.3) is 0 Å². The Morgan fingerprint density at radius 3 is 2.70 bits per heavy atom. The summed E-state index contributed by atoms with van der Waals surface area (Å²) < 4.78 is 5.43. The van der Waals surface area contributed by atoms with E-state index < -0.39 is 0 Å². The minimum absolute atomic E-state index is 0.0770. The molecule has 5 nitrogen and oxygen atoms in total. The second-order valence-electron chi connectivity index (χ2n) is 6.15. The van der Waals surface area contributed by atoms with Gasteiger partial charge in [0.05, 0.1) is 24.4 Å². The molecule has 2 N–H and O–H groups in total. The Balaban J connectivity index is 2.15. The number of aliphatic hydroxyl groups is 1. The van der Waals surface area contributed by atoms with Crippen molar-refractivity contribution in [3.8, 4) is 5.75 Å². The predicted molar refractivity (Wildman–Crippen MR) is 92.3 cm³/mol. The van der Waals surface area contributed by atoms with Crippen LogP contribution in [-0.4, -0.2) is 22.6 Å². The van der Waals surface area contributed by atoms with Crippen molar-refractivity contribution in [2.24, 2.45) is 0 Å². The molecule has 0 spiro atoms. The number of hydrogen-bond donors (Lipinski definition) is 2.